The van der Waals surface area contributed by atoms with E-state index in [1.54, 1.807) is 0 Å². The SMILES string of the molecule is CCC(C)NC(=O)c1ccc(C(=O)O)o1. The fourth-order valence-corrected chi connectivity index (χ4v) is 0.972. The Labute approximate surface area is 87.1 Å². The van der Waals surface area contributed by atoms with Crippen molar-refractivity contribution in [2.75, 3.05) is 0 Å². The molecule has 0 aliphatic carbocycles. The summed E-state index contributed by atoms with van der Waals surface area (Å²) in [5.41, 5.74) is 0. The van der Waals surface area contributed by atoms with E-state index in [2.05, 4.69) is 5.32 Å². The summed E-state index contributed by atoms with van der Waals surface area (Å²) < 4.78 is 4.84. The van der Waals surface area contributed by atoms with Crippen LogP contribution in [0.3, 0.4) is 0 Å². The van der Waals surface area contributed by atoms with Crippen LogP contribution in [0.15, 0.2) is 16.5 Å². The minimum atomic E-state index is -1.18. The summed E-state index contributed by atoms with van der Waals surface area (Å²) in [5, 5.41) is 11.3. The maximum Gasteiger partial charge on any atom is 0.371 e. The van der Waals surface area contributed by atoms with Gasteiger partial charge in [0.25, 0.3) is 5.91 Å². The van der Waals surface area contributed by atoms with Crippen molar-refractivity contribution in [1.29, 1.82) is 0 Å². The first-order valence-electron chi connectivity index (χ1n) is 4.68. The van der Waals surface area contributed by atoms with Gasteiger partial charge in [-0.1, -0.05) is 6.92 Å². The quantitative estimate of drug-likeness (QED) is 0.791. The predicted molar refractivity (Wildman–Crippen MR) is 52.9 cm³/mol. The lowest BCUT2D eigenvalue weighted by Crippen LogP contribution is -2.31. The summed E-state index contributed by atoms with van der Waals surface area (Å²) in [7, 11) is 0. The molecule has 0 spiro atoms. The Balaban J connectivity index is 2.70. The second-order valence-corrected chi connectivity index (χ2v) is 3.25. The van der Waals surface area contributed by atoms with Crippen molar-refractivity contribution >= 4 is 11.9 Å². The minimum absolute atomic E-state index is 0.0210. The summed E-state index contributed by atoms with van der Waals surface area (Å²) in [6.07, 6.45) is 0.804. The van der Waals surface area contributed by atoms with Crippen LogP contribution in [-0.2, 0) is 0 Å². The zero-order valence-corrected chi connectivity index (χ0v) is 8.61. The number of amides is 1. The van der Waals surface area contributed by atoms with Gasteiger partial charge in [-0.2, -0.15) is 0 Å². The molecule has 0 bridgehead atoms. The van der Waals surface area contributed by atoms with Gasteiger partial charge in [0.15, 0.2) is 5.76 Å². The van der Waals surface area contributed by atoms with Crippen LogP contribution < -0.4 is 5.32 Å². The van der Waals surface area contributed by atoms with Crippen LogP contribution in [0.4, 0.5) is 0 Å². The number of nitrogens with one attached hydrogen (secondary N) is 1. The Kier molecular flexibility index (Phi) is 3.49. The van der Waals surface area contributed by atoms with Gasteiger partial charge in [0, 0.05) is 6.04 Å². The van der Waals surface area contributed by atoms with Crippen molar-refractivity contribution in [1.82, 2.24) is 5.32 Å². The molecule has 0 fully saturated rings. The summed E-state index contributed by atoms with van der Waals surface area (Å²) in [5.74, 6) is -1.79. The molecule has 0 saturated carbocycles. The molecule has 0 aliphatic heterocycles. The second-order valence-electron chi connectivity index (χ2n) is 3.25. The lowest BCUT2D eigenvalue weighted by atomic mass is 10.2. The fourth-order valence-electron chi connectivity index (χ4n) is 0.972. The summed E-state index contributed by atoms with van der Waals surface area (Å²) >= 11 is 0. The van der Waals surface area contributed by atoms with Gasteiger partial charge in [0.05, 0.1) is 0 Å². The van der Waals surface area contributed by atoms with Crippen LogP contribution in [0.1, 0.15) is 41.4 Å². The number of rotatable bonds is 4. The summed E-state index contributed by atoms with van der Waals surface area (Å²) in [6.45, 7) is 3.80. The second kappa shape index (κ2) is 4.63. The monoisotopic (exact) mass is 211 g/mol. The van der Waals surface area contributed by atoms with Gasteiger partial charge in [0.2, 0.25) is 5.76 Å². The van der Waals surface area contributed by atoms with E-state index in [1.807, 2.05) is 13.8 Å². The van der Waals surface area contributed by atoms with E-state index in [9.17, 15) is 9.59 Å². The smallest absolute Gasteiger partial charge is 0.371 e. The molecule has 1 heterocycles. The number of carboxylic acid groups (broad SMARTS) is 1. The van der Waals surface area contributed by atoms with Crippen molar-refractivity contribution in [3.63, 3.8) is 0 Å². The minimum Gasteiger partial charge on any atom is -0.475 e. The molecule has 1 atom stereocenters. The van der Waals surface area contributed by atoms with Crippen LogP contribution in [0, 0.1) is 0 Å². The van der Waals surface area contributed by atoms with Gasteiger partial charge < -0.3 is 14.8 Å². The number of carboxylic acids is 1. The van der Waals surface area contributed by atoms with Crippen LogP contribution in [-0.4, -0.2) is 23.0 Å². The van der Waals surface area contributed by atoms with Crippen molar-refractivity contribution in [3.8, 4) is 0 Å². The number of aromatic carboxylic acids is 1. The molecule has 0 saturated heterocycles. The number of carbonyl (C=O) groups excluding carboxylic acids is 1. The molecule has 1 aromatic rings. The van der Waals surface area contributed by atoms with E-state index < -0.39 is 11.9 Å². The Hall–Kier alpha value is -1.78. The highest BCUT2D eigenvalue weighted by Gasteiger charge is 2.15. The molecule has 0 aliphatic rings. The zero-order chi connectivity index (χ0) is 11.4. The molecule has 5 nitrogen and oxygen atoms in total. The highest BCUT2D eigenvalue weighted by atomic mass is 16.4. The van der Waals surface area contributed by atoms with E-state index >= 15 is 0 Å². The topological polar surface area (TPSA) is 79.5 Å². The molecule has 0 radical (unpaired) electrons. The van der Waals surface area contributed by atoms with Crippen LogP contribution in [0.2, 0.25) is 0 Å². The van der Waals surface area contributed by atoms with E-state index in [1.165, 1.54) is 12.1 Å². The first-order valence-corrected chi connectivity index (χ1v) is 4.68. The first kappa shape index (κ1) is 11.3. The van der Waals surface area contributed by atoms with Crippen molar-refractivity contribution < 1.29 is 19.1 Å². The molecule has 1 rings (SSSR count). The number of carbonyl (C=O) groups is 2. The van der Waals surface area contributed by atoms with Crippen molar-refractivity contribution in [2.45, 2.75) is 26.3 Å². The Bertz CT molecular complexity index is 369. The lowest BCUT2D eigenvalue weighted by molar-refractivity contribution is 0.0659. The third-order valence-electron chi connectivity index (χ3n) is 2.03. The highest BCUT2D eigenvalue weighted by Crippen LogP contribution is 2.08. The Morgan fingerprint density at radius 1 is 1.47 bits per heavy atom. The molecule has 1 aromatic heterocycles. The van der Waals surface area contributed by atoms with E-state index in [0.29, 0.717) is 0 Å². The van der Waals surface area contributed by atoms with E-state index in [4.69, 9.17) is 9.52 Å². The summed E-state index contributed by atoms with van der Waals surface area (Å²) in [6, 6.07) is 2.64. The van der Waals surface area contributed by atoms with Gasteiger partial charge in [-0.25, -0.2) is 4.79 Å². The lowest BCUT2D eigenvalue weighted by Gasteiger charge is -2.08. The molecule has 15 heavy (non-hydrogen) atoms. The number of hydrogen-bond acceptors (Lipinski definition) is 3. The van der Waals surface area contributed by atoms with Crippen LogP contribution >= 0.6 is 0 Å². The largest absolute Gasteiger partial charge is 0.475 e. The molecule has 0 aromatic carbocycles. The summed E-state index contributed by atoms with van der Waals surface area (Å²) in [4.78, 5) is 21.9. The van der Waals surface area contributed by atoms with Crippen LogP contribution in [0.5, 0.6) is 0 Å². The molecular weight excluding hydrogens is 198 g/mol. The highest BCUT2D eigenvalue weighted by molar-refractivity contribution is 5.93. The van der Waals surface area contributed by atoms with Gasteiger partial charge >= 0.3 is 5.97 Å². The van der Waals surface area contributed by atoms with Crippen molar-refractivity contribution in [2.24, 2.45) is 0 Å². The van der Waals surface area contributed by atoms with E-state index in [-0.39, 0.29) is 17.6 Å². The fraction of sp³-hybridized carbons (Fsp3) is 0.400. The average molecular weight is 211 g/mol. The average Bonchev–Trinajstić information content (AvgIpc) is 2.66. The van der Waals surface area contributed by atoms with Gasteiger partial charge in [-0.15, -0.1) is 0 Å². The standard InChI is InChI=1S/C10H13NO4/c1-3-6(2)11-9(12)7-4-5-8(15-7)10(13)14/h4-6H,3H2,1-2H3,(H,11,12)(H,13,14). The molecule has 2 N–H and O–H groups in total. The van der Waals surface area contributed by atoms with Gasteiger partial charge in [-0.3, -0.25) is 4.79 Å². The Morgan fingerprint density at radius 2 is 2.07 bits per heavy atom. The normalized spacial score (nSPS) is 12.1. The molecule has 1 amide bonds. The van der Waals surface area contributed by atoms with Gasteiger partial charge in [0.1, 0.15) is 0 Å². The third-order valence-corrected chi connectivity index (χ3v) is 2.03. The number of hydrogen-bond donors (Lipinski definition) is 2. The maximum absolute atomic E-state index is 11.5. The third kappa shape index (κ3) is 2.83. The predicted octanol–water partition coefficient (Wildman–Crippen LogP) is 1.51. The van der Waals surface area contributed by atoms with Gasteiger partial charge in [-0.05, 0) is 25.5 Å². The molecular formula is C10H13NO4. The first-order chi connectivity index (χ1) is 7.04. The molecule has 5 heteroatoms. The molecule has 1 unspecified atom stereocenters. The van der Waals surface area contributed by atoms with Crippen molar-refractivity contribution in [3.05, 3.63) is 23.7 Å². The van der Waals surface area contributed by atoms with Crippen LogP contribution in [0.25, 0.3) is 0 Å². The molecule has 82 valence electrons. The zero-order valence-electron chi connectivity index (χ0n) is 8.61. The Morgan fingerprint density at radius 3 is 2.53 bits per heavy atom. The van der Waals surface area contributed by atoms with E-state index in [0.717, 1.165) is 6.42 Å². The number of furan rings is 1. The maximum atomic E-state index is 11.5.